The van der Waals surface area contributed by atoms with Gasteiger partial charge in [0.1, 0.15) is 17.0 Å². The van der Waals surface area contributed by atoms with Crippen LogP contribution in [-0.4, -0.2) is 61.8 Å². The minimum absolute atomic E-state index is 0.369. The van der Waals surface area contributed by atoms with Crippen LogP contribution in [0.15, 0.2) is 24.5 Å². The quantitative estimate of drug-likeness (QED) is 0.742. The fraction of sp³-hybridized carbons (Fsp3) is 0.500. The van der Waals surface area contributed by atoms with Crippen LogP contribution in [0, 0.1) is 0 Å². The summed E-state index contributed by atoms with van der Waals surface area (Å²) in [6.07, 6.45) is 6.03. The zero-order valence-electron chi connectivity index (χ0n) is 16.5. The number of methoxy groups -OCH3 is 1. The van der Waals surface area contributed by atoms with E-state index < -0.39 is 5.60 Å². The summed E-state index contributed by atoms with van der Waals surface area (Å²) >= 11 is 0. The number of fused-ring (bicyclic) bond motifs is 2. The Kier molecular flexibility index (Phi) is 4.89. The van der Waals surface area contributed by atoms with Gasteiger partial charge in [-0.3, -0.25) is 0 Å². The van der Waals surface area contributed by atoms with Crippen LogP contribution in [0.4, 0.5) is 11.8 Å². The summed E-state index contributed by atoms with van der Waals surface area (Å²) in [7, 11) is 5.27. The number of esters is 1. The van der Waals surface area contributed by atoms with Gasteiger partial charge in [0, 0.05) is 39.6 Å². The van der Waals surface area contributed by atoms with Crippen molar-refractivity contribution < 1.29 is 14.3 Å². The van der Waals surface area contributed by atoms with Gasteiger partial charge in [-0.25, -0.2) is 19.7 Å². The third kappa shape index (κ3) is 3.17. The molecule has 1 saturated heterocycles. The van der Waals surface area contributed by atoms with Gasteiger partial charge in [0.05, 0.1) is 19.4 Å². The Morgan fingerprint density at radius 3 is 2.79 bits per heavy atom. The van der Waals surface area contributed by atoms with E-state index >= 15 is 0 Å². The van der Waals surface area contributed by atoms with Crippen molar-refractivity contribution in [2.45, 2.75) is 24.9 Å². The molecule has 2 aliphatic heterocycles. The lowest BCUT2D eigenvalue weighted by molar-refractivity contribution is -0.0801. The third-order valence-corrected chi connectivity index (χ3v) is 5.50. The Bertz CT molecular complexity index is 878. The Morgan fingerprint density at radius 1 is 1.29 bits per heavy atom. The maximum absolute atomic E-state index is 12.1. The number of pyridine rings is 1. The molecule has 0 atom stereocenters. The summed E-state index contributed by atoms with van der Waals surface area (Å²) in [5.74, 6) is 0.992. The first-order valence-electron chi connectivity index (χ1n) is 9.50. The first-order valence-corrected chi connectivity index (χ1v) is 9.50. The molecule has 4 rings (SSSR count). The normalized spacial score (nSPS) is 17.9. The van der Waals surface area contributed by atoms with Crippen LogP contribution < -0.4 is 9.80 Å². The van der Waals surface area contributed by atoms with E-state index in [1.165, 1.54) is 12.7 Å². The van der Waals surface area contributed by atoms with Crippen molar-refractivity contribution in [2.24, 2.45) is 0 Å². The second kappa shape index (κ2) is 7.35. The van der Waals surface area contributed by atoms with E-state index in [9.17, 15) is 4.79 Å². The Morgan fingerprint density at radius 2 is 2.07 bits per heavy atom. The van der Waals surface area contributed by atoms with Crippen LogP contribution in [0.2, 0.25) is 0 Å². The van der Waals surface area contributed by atoms with E-state index in [2.05, 4.69) is 14.9 Å². The molecule has 4 heterocycles. The summed E-state index contributed by atoms with van der Waals surface area (Å²) in [5, 5.41) is 0. The highest BCUT2D eigenvalue weighted by Gasteiger charge is 2.43. The average molecular weight is 383 g/mol. The predicted octanol–water partition coefficient (Wildman–Crippen LogP) is 1.79. The van der Waals surface area contributed by atoms with Crippen LogP contribution >= 0.6 is 0 Å². The van der Waals surface area contributed by atoms with Crippen LogP contribution in [0.5, 0.6) is 0 Å². The number of hydrogen-bond donors (Lipinski definition) is 0. The molecule has 8 nitrogen and oxygen atoms in total. The van der Waals surface area contributed by atoms with Crippen molar-refractivity contribution in [1.29, 1.82) is 0 Å². The zero-order valence-corrected chi connectivity index (χ0v) is 16.5. The lowest BCUT2D eigenvalue weighted by atomic mass is 9.83. The summed E-state index contributed by atoms with van der Waals surface area (Å²) < 4.78 is 11.2. The van der Waals surface area contributed by atoms with E-state index in [0.29, 0.717) is 23.9 Å². The molecule has 2 aliphatic rings. The highest BCUT2D eigenvalue weighted by molar-refractivity contribution is 5.94. The fourth-order valence-corrected chi connectivity index (χ4v) is 3.99. The zero-order chi connectivity index (χ0) is 19.7. The number of nitrogens with zero attached hydrogens (tertiary/aromatic N) is 5. The third-order valence-electron chi connectivity index (χ3n) is 5.50. The molecule has 28 heavy (non-hydrogen) atoms. The number of rotatable bonds is 3. The minimum Gasteiger partial charge on any atom is -0.465 e. The second-order valence-electron chi connectivity index (χ2n) is 7.38. The number of aromatic nitrogens is 3. The van der Waals surface area contributed by atoms with E-state index in [4.69, 9.17) is 14.5 Å². The molecule has 0 unspecified atom stereocenters. The molecule has 2 aromatic heterocycles. The van der Waals surface area contributed by atoms with Crippen LogP contribution in [-0.2, 0) is 21.5 Å². The van der Waals surface area contributed by atoms with E-state index in [-0.39, 0.29) is 5.97 Å². The standard InChI is InChI=1S/C20H25N5O3/c1-24(2)19-22-13-14-6-12-28-20(16(14)23-19)7-10-25(11-8-20)17-15(18(26)27-3)5-4-9-21-17/h4-5,9,13H,6-8,10-12H2,1-3H3. The number of carbonyl (C=O) groups excluding carboxylic acids is 1. The first kappa shape index (κ1) is 18.6. The Hall–Kier alpha value is -2.74. The summed E-state index contributed by atoms with van der Waals surface area (Å²) in [6, 6.07) is 3.50. The number of carbonyl (C=O) groups is 1. The van der Waals surface area contributed by atoms with E-state index in [1.807, 2.05) is 25.2 Å². The summed E-state index contributed by atoms with van der Waals surface area (Å²) in [5.41, 5.74) is 2.26. The van der Waals surface area contributed by atoms with Crippen molar-refractivity contribution in [1.82, 2.24) is 15.0 Å². The molecule has 0 amide bonds. The van der Waals surface area contributed by atoms with Crippen molar-refractivity contribution in [2.75, 3.05) is 50.7 Å². The molecule has 1 spiro atoms. The molecular weight excluding hydrogens is 358 g/mol. The monoisotopic (exact) mass is 383 g/mol. The molecule has 0 N–H and O–H groups in total. The molecule has 0 aromatic carbocycles. The van der Waals surface area contributed by atoms with Gasteiger partial charge < -0.3 is 19.3 Å². The van der Waals surface area contributed by atoms with Crippen molar-refractivity contribution in [3.63, 3.8) is 0 Å². The smallest absolute Gasteiger partial charge is 0.341 e. The second-order valence-corrected chi connectivity index (χ2v) is 7.38. The van der Waals surface area contributed by atoms with Gasteiger partial charge in [0.15, 0.2) is 0 Å². The van der Waals surface area contributed by atoms with Gasteiger partial charge in [0.25, 0.3) is 0 Å². The van der Waals surface area contributed by atoms with Crippen molar-refractivity contribution in [3.05, 3.63) is 41.3 Å². The maximum Gasteiger partial charge on any atom is 0.341 e. The summed E-state index contributed by atoms with van der Waals surface area (Å²) in [4.78, 5) is 29.9. The molecular formula is C20H25N5O3. The SMILES string of the molecule is COC(=O)c1cccnc1N1CCC2(CC1)OCCc1cnc(N(C)C)nc12. The molecule has 1 fully saturated rings. The molecule has 148 valence electrons. The average Bonchev–Trinajstić information content (AvgIpc) is 2.74. The lowest BCUT2D eigenvalue weighted by Gasteiger charge is -2.44. The van der Waals surface area contributed by atoms with E-state index in [0.717, 1.165) is 38.0 Å². The van der Waals surface area contributed by atoms with Gasteiger partial charge in [-0.15, -0.1) is 0 Å². The highest BCUT2D eigenvalue weighted by atomic mass is 16.5. The molecule has 0 radical (unpaired) electrons. The fourth-order valence-electron chi connectivity index (χ4n) is 3.99. The van der Waals surface area contributed by atoms with Gasteiger partial charge in [-0.05, 0) is 37.0 Å². The van der Waals surface area contributed by atoms with Crippen molar-refractivity contribution >= 4 is 17.7 Å². The van der Waals surface area contributed by atoms with Gasteiger partial charge in [-0.1, -0.05) is 0 Å². The minimum atomic E-state index is -0.405. The number of hydrogen-bond acceptors (Lipinski definition) is 8. The topological polar surface area (TPSA) is 80.7 Å². The van der Waals surface area contributed by atoms with Gasteiger partial charge >= 0.3 is 5.97 Å². The van der Waals surface area contributed by atoms with Crippen LogP contribution in [0.25, 0.3) is 0 Å². The van der Waals surface area contributed by atoms with Gasteiger partial charge in [-0.2, -0.15) is 0 Å². The van der Waals surface area contributed by atoms with Crippen LogP contribution in [0.1, 0.15) is 34.5 Å². The molecule has 2 aromatic rings. The van der Waals surface area contributed by atoms with Crippen LogP contribution in [0.3, 0.4) is 0 Å². The maximum atomic E-state index is 12.1. The predicted molar refractivity (Wildman–Crippen MR) is 105 cm³/mol. The largest absolute Gasteiger partial charge is 0.465 e. The molecule has 0 bridgehead atoms. The Balaban J connectivity index is 1.61. The lowest BCUT2D eigenvalue weighted by Crippen LogP contribution is -2.48. The number of ether oxygens (including phenoxy) is 2. The molecule has 0 saturated carbocycles. The number of piperidine rings is 1. The van der Waals surface area contributed by atoms with Gasteiger partial charge in [0.2, 0.25) is 5.95 Å². The van der Waals surface area contributed by atoms with Crippen molar-refractivity contribution in [3.8, 4) is 0 Å². The Labute approximate surface area is 164 Å². The molecule has 8 heteroatoms. The number of anilines is 2. The van der Waals surface area contributed by atoms with E-state index in [1.54, 1.807) is 18.3 Å². The first-order chi connectivity index (χ1) is 13.5. The highest BCUT2D eigenvalue weighted by Crippen LogP contribution is 2.41. The summed E-state index contributed by atoms with van der Waals surface area (Å²) in [6.45, 7) is 2.12. The molecule has 0 aliphatic carbocycles.